The van der Waals surface area contributed by atoms with Gasteiger partial charge in [-0.05, 0) is 96.1 Å². The summed E-state index contributed by atoms with van der Waals surface area (Å²) >= 11 is 0. The fraction of sp³-hybridized carbons (Fsp3) is 0. The lowest BCUT2D eigenvalue weighted by atomic mass is 10.0. The average Bonchev–Trinajstić information content (AvgIpc) is 3.97. The van der Waals surface area contributed by atoms with E-state index in [0.717, 1.165) is 66.1 Å². The molecule has 4 heterocycles. The summed E-state index contributed by atoms with van der Waals surface area (Å²) in [5.41, 5.74) is 9.73. The maximum atomic E-state index is 13.9. The minimum absolute atomic E-state index is 0.357. The molecular formula is C52H30N4O4. The van der Waals surface area contributed by atoms with Crippen molar-refractivity contribution < 1.29 is 19.2 Å². The smallest absolute Gasteiger partial charge is 0.266 e. The van der Waals surface area contributed by atoms with Gasteiger partial charge in [-0.1, -0.05) is 97.1 Å². The first-order chi connectivity index (χ1) is 29.4. The SMILES string of the molecule is O=C1c2ccc(-n3c4ccccc4c4ccccc43)cc2C(=O)N1c1ccc(-c2ccc(N3C(=O)c4ccc(-n5c6ccccc6c6ccccc65)cc4C3=O)cc2)cc1. The van der Waals surface area contributed by atoms with Gasteiger partial charge in [0.2, 0.25) is 0 Å². The van der Waals surface area contributed by atoms with Crippen LogP contribution in [-0.2, 0) is 0 Å². The van der Waals surface area contributed by atoms with Crippen LogP contribution in [0.5, 0.6) is 0 Å². The molecule has 12 rings (SSSR count). The number of nitrogens with zero attached hydrogens (tertiary/aromatic N) is 4. The second-order valence-electron chi connectivity index (χ2n) is 15.2. The molecule has 0 spiro atoms. The van der Waals surface area contributed by atoms with Crippen molar-refractivity contribution in [3.63, 3.8) is 0 Å². The number of hydrogen-bond acceptors (Lipinski definition) is 4. The number of benzene rings is 8. The predicted molar refractivity (Wildman–Crippen MR) is 236 cm³/mol. The molecule has 8 nitrogen and oxygen atoms in total. The first-order valence-electron chi connectivity index (χ1n) is 19.7. The van der Waals surface area contributed by atoms with Crippen molar-refractivity contribution in [1.29, 1.82) is 0 Å². The van der Waals surface area contributed by atoms with Crippen molar-refractivity contribution in [3.8, 4) is 22.5 Å². The lowest BCUT2D eigenvalue weighted by molar-refractivity contribution is 0.0910. The van der Waals surface area contributed by atoms with E-state index in [1.807, 2.05) is 97.1 Å². The largest absolute Gasteiger partial charge is 0.309 e. The van der Waals surface area contributed by atoms with Gasteiger partial charge in [-0.15, -0.1) is 0 Å². The second kappa shape index (κ2) is 12.6. The van der Waals surface area contributed by atoms with Gasteiger partial charge in [-0.25, -0.2) is 9.80 Å². The molecule has 10 aromatic rings. The van der Waals surface area contributed by atoms with Gasteiger partial charge >= 0.3 is 0 Å². The number of fused-ring (bicyclic) bond motifs is 8. The summed E-state index contributed by atoms with van der Waals surface area (Å²) in [6.45, 7) is 0. The van der Waals surface area contributed by atoms with Crippen molar-refractivity contribution >= 4 is 78.6 Å². The molecule has 2 aromatic heterocycles. The van der Waals surface area contributed by atoms with E-state index in [1.165, 1.54) is 9.80 Å². The molecule has 0 saturated heterocycles. The molecule has 60 heavy (non-hydrogen) atoms. The van der Waals surface area contributed by atoms with E-state index < -0.39 is 0 Å². The molecule has 0 N–H and O–H groups in total. The zero-order chi connectivity index (χ0) is 40.2. The third kappa shape index (κ3) is 4.73. The van der Waals surface area contributed by atoms with Crippen LogP contribution in [0.25, 0.3) is 66.1 Å². The summed E-state index contributed by atoms with van der Waals surface area (Å²) in [4.78, 5) is 57.7. The summed E-state index contributed by atoms with van der Waals surface area (Å²) < 4.78 is 4.26. The molecule has 0 fully saturated rings. The first-order valence-corrected chi connectivity index (χ1v) is 19.7. The zero-order valence-corrected chi connectivity index (χ0v) is 31.7. The van der Waals surface area contributed by atoms with Crippen molar-refractivity contribution in [2.45, 2.75) is 0 Å². The van der Waals surface area contributed by atoms with Crippen molar-refractivity contribution in [2.75, 3.05) is 9.80 Å². The van der Waals surface area contributed by atoms with Crippen LogP contribution in [0.15, 0.2) is 182 Å². The highest BCUT2D eigenvalue weighted by Gasteiger charge is 2.38. The Labute approximate surface area is 342 Å². The molecule has 8 heteroatoms. The first kappa shape index (κ1) is 33.7. The molecule has 2 aliphatic heterocycles. The number of carbonyl (C=O) groups is 4. The number of para-hydroxylation sites is 4. The summed E-state index contributed by atoms with van der Waals surface area (Å²) in [5, 5.41) is 4.45. The Morgan fingerprint density at radius 1 is 0.267 bits per heavy atom. The van der Waals surface area contributed by atoms with Gasteiger partial charge in [0.15, 0.2) is 0 Å². The molecule has 0 unspecified atom stereocenters. The highest BCUT2D eigenvalue weighted by atomic mass is 16.2. The third-order valence-corrected chi connectivity index (χ3v) is 12.0. The predicted octanol–water partition coefficient (Wildman–Crippen LogP) is 11.1. The standard InChI is InChI=1S/C52H30N4O4/c57-49-41-27-25-35(53-45-13-5-1-9-37(45)38-10-2-6-14-46(38)53)29-43(41)51(59)55(49)33-21-17-31(18-22-33)32-19-23-34(24-20-32)56-50(58)42-28-26-36(30-44(42)52(56)60)54-47-15-7-3-11-39(47)40-12-4-8-16-48(40)54/h1-30H. The lowest BCUT2D eigenvalue weighted by Gasteiger charge is -2.16. The second-order valence-corrected chi connectivity index (χ2v) is 15.2. The molecule has 0 radical (unpaired) electrons. The summed E-state index contributed by atoms with van der Waals surface area (Å²) in [5.74, 6) is -1.50. The molecule has 0 saturated carbocycles. The number of hydrogen-bond donors (Lipinski definition) is 0. The topological polar surface area (TPSA) is 84.6 Å². The average molecular weight is 775 g/mol. The van der Waals surface area contributed by atoms with Gasteiger partial charge in [-0.2, -0.15) is 0 Å². The molecule has 8 aromatic carbocycles. The van der Waals surface area contributed by atoms with Crippen molar-refractivity contribution in [1.82, 2.24) is 9.13 Å². The Hall–Kier alpha value is -8.36. The Morgan fingerprint density at radius 3 is 0.883 bits per heavy atom. The Balaban J connectivity index is 0.806. The Bertz CT molecular complexity index is 3180. The summed E-state index contributed by atoms with van der Waals surface area (Å²) in [6, 6.07) is 58.0. The van der Waals surface area contributed by atoms with E-state index in [9.17, 15) is 19.2 Å². The van der Waals surface area contributed by atoms with Crippen molar-refractivity contribution in [2.24, 2.45) is 0 Å². The summed E-state index contributed by atoms with van der Waals surface area (Å²) in [6.07, 6.45) is 0. The lowest BCUT2D eigenvalue weighted by Crippen LogP contribution is -2.29. The van der Waals surface area contributed by atoms with E-state index in [-0.39, 0.29) is 23.6 Å². The zero-order valence-electron chi connectivity index (χ0n) is 31.7. The van der Waals surface area contributed by atoms with Crippen LogP contribution in [0.2, 0.25) is 0 Å². The maximum absolute atomic E-state index is 13.9. The van der Waals surface area contributed by atoms with E-state index in [4.69, 9.17) is 0 Å². The molecule has 0 bridgehead atoms. The van der Waals surface area contributed by atoms with E-state index in [2.05, 4.69) is 57.7 Å². The maximum Gasteiger partial charge on any atom is 0.266 e. The van der Waals surface area contributed by atoms with Crippen LogP contribution < -0.4 is 9.80 Å². The normalized spacial score (nSPS) is 13.7. The quantitative estimate of drug-likeness (QED) is 0.163. The monoisotopic (exact) mass is 774 g/mol. The van der Waals surface area contributed by atoms with E-state index in [0.29, 0.717) is 33.6 Å². The van der Waals surface area contributed by atoms with Gasteiger partial charge in [0, 0.05) is 32.9 Å². The van der Waals surface area contributed by atoms with E-state index >= 15 is 0 Å². The number of rotatable bonds is 5. The molecule has 0 aliphatic carbocycles. The van der Waals surface area contributed by atoms with Crippen LogP contribution in [0.3, 0.4) is 0 Å². The minimum Gasteiger partial charge on any atom is -0.309 e. The van der Waals surface area contributed by atoms with Gasteiger partial charge in [0.25, 0.3) is 23.6 Å². The highest BCUT2D eigenvalue weighted by Crippen LogP contribution is 2.38. The third-order valence-electron chi connectivity index (χ3n) is 12.0. The molecule has 2 aliphatic rings. The van der Waals surface area contributed by atoms with Gasteiger partial charge in [0.05, 0.1) is 55.7 Å². The fourth-order valence-electron chi connectivity index (χ4n) is 9.21. The van der Waals surface area contributed by atoms with Crippen molar-refractivity contribution in [3.05, 3.63) is 204 Å². The highest BCUT2D eigenvalue weighted by molar-refractivity contribution is 6.35. The number of amides is 4. The van der Waals surface area contributed by atoms with Crippen LogP contribution in [0.4, 0.5) is 11.4 Å². The number of carbonyl (C=O) groups excluding carboxylic acids is 4. The Morgan fingerprint density at radius 2 is 0.550 bits per heavy atom. The van der Waals surface area contributed by atoms with Gasteiger partial charge in [-0.3, -0.25) is 19.2 Å². The fourth-order valence-corrected chi connectivity index (χ4v) is 9.21. The van der Waals surface area contributed by atoms with Crippen LogP contribution in [0, 0.1) is 0 Å². The molecular weight excluding hydrogens is 745 g/mol. The number of aromatic nitrogens is 2. The molecule has 282 valence electrons. The van der Waals surface area contributed by atoms with Crippen LogP contribution in [0.1, 0.15) is 41.4 Å². The number of anilines is 2. The van der Waals surface area contributed by atoms with E-state index in [1.54, 1.807) is 36.4 Å². The minimum atomic E-state index is -0.377. The van der Waals surface area contributed by atoms with Gasteiger partial charge in [0.1, 0.15) is 0 Å². The molecule has 0 atom stereocenters. The molecule has 4 amide bonds. The van der Waals surface area contributed by atoms with Gasteiger partial charge < -0.3 is 9.13 Å². The Kier molecular flexibility index (Phi) is 7.07. The summed E-state index contributed by atoms with van der Waals surface area (Å²) in [7, 11) is 0. The van der Waals surface area contributed by atoms with Crippen LogP contribution >= 0.6 is 0 Å². The van der Waals surface area contributed by atoms with Crippen LogP contribution in [-0.4, -0.2) is 32.8 Å². The number of imide groups is 2.